The third-order valence-electron chi connectivity index (χ3n) is 2.00. The lowest BCUT2D eigenvalue weighted by Gasteiger charge is -2.12. The number of aromatic nitrogens is 2. The van der Waals surface area contributed by atoms with Crippen LogP contribution in [0.25, 0.3) is 0 Å². The van der Waals surface area contributed by atoms with Gasteiger partial charge in [0.25, 0.3) is 0 Å². The van der Waals surface area contributed by atoms with Gasteiger partial charge in [-0.2, -0.15) is 4.98 Å². The van der Waals surface area contributed by atoms with Crippen molar-refractivity contribution in [3.05, 3.63) is 16.9 Å². The first-order valence-corrected chi connectivity index (χ1v) is 6.31. The van der Waals surface area contributed by atoms with Crippen molar-refractivity contribution >= 4 is 11.6 Å². The van der Waals surface area contributed by atoms with Crippen LogP contribution >= 0.6 is 11.6 Å². The molecular weight excluding hydrogens is 238 g/mol. The van der Waals surface area contributed by atoms with Gasteiger partial charge in [0.05, 0.1) is 16.9 Å². The fraction of sp³-hybridized carbons (Fsp3) is 0.667. The molecule has 0 aromatic carbocycles. The zero-order valence-corrected chi connectivity index (χ0v) is 12.0. The van der Waals surface area contributed by atoms with E-state index in [1.54, 1.807) is 6.20 Å². The van der Waals surface area contributed by atoms with Crippen LogP contribution in [-0.4, -0.2) is 29.7 Å². The minimum Gasteiger partial charge on any atom is -0.460 e. The second-order valence-electron chi connectivity index (χ2n) is 3.41. The van der Waals surface area contributed by atoms with E-state index >= 15 is 0 Å². The highest BCUT2D eigenvalue weighted by Crippen LogP contribution is 2.14. The van der Waals surface area contributed by atoms with Gasteiger partial charge in [-0.1, -0.05) is 25.4 Å². The highest BCUT2D eigenvalue weighted by molar-refractivity contribution is 6.31. The lowest BCUT2D eigenvalue weighted by molar-refractivity contribution is 0.193. The van der Waals surface area contributed by atoms with Gasteiger partial charge in [-0.3, -0.25) is 0 Å². The lowest BCUT2D eigenvalue weighted by Crippen LogP contribution is -2.20. The monoisotopic (exact) mass is 259 g/mol. The van der Waals surface area contributed by atoms with Gasteiger partial charge in [-0.05, 0) is 33.9 Å². The maximum absolute atomic E-state index is 5.81. The smallest absolute Gasteiger partial charge is 0.316 e. The summed E-state index contributed by atoms with van der Waals surface area (Å²) in [6.07, 6.45) is 2.57. The van der Waals surface area contributed by atoms with E-state index in [0.717, 1.165) is 18.7 Å². The zero-order chi connectivity index (χ0) is 13.3. The van der Waals surface area contributed by atoms with Gasteiger partial charge in [0.1, 0.15) is 6.10 Å². The number of hydrogen-bond acceptors (Lipinski definition) is 4. The lowest BCUT2D eigenvalue weighted by atomic mass is 10.3. The molecule has 1 unspecified atom stereocenters. The van der Waals surface area contributed by atoms with E-state index in [1.807, 2.05) is 34.7 Å². The number of halogens is 1. The largest absolute Gasteiger partial charge is 0.460 e. The molecule has 1 aromatic heterocycles. The molecule has 0 aliphatic rings. The average molecular weight is 260 g/mol. The van der Waals surface area contributed by atoms with Crippen molar-refractivity contribution in [1.82, 2.24) is 15.3 Å². The van der Waals surface area contributed by atoms with Crippen LogP contribution in [0.2, 0.25) is 5.02 Å². The molecule has 1 rings (SSSR count). The van der Waals surface area contributed by atoms with E-state index in [0.29, 0.717) is 11.0 Å². The summed E-state index contributed by atoms with van der Waals surface area (Å²) < 4.78 is 5.53. The van der Waals surface area contributed by atoms with Gasteiger partial charge in [0.15, 0.2) is 0 Å². The maximum Gasteiger partial charge on any atom is 0.316 e. The molecule has 1 aromatic rings. The van der Waals surface area contributed by atoms with Crippen LogP contribution in [0.4, 0.5) is 0 Å². The van der Waals surface area contributed by atoms with E-state index < -0.39 is 0 Å². The van der Waals surface area contributed by atoms with Crippen molar-refractivity contribution in [2.45, 2.75) is 40.2 Å². The number of aryl methyl sites for hydroxylation is 1. The minimum atomic E-state index is 0.0954. The second-order valence-corrected chi connectivity index (χ2v) is 3.81. The molecule has 1 heterocycles. The van der Waals surface area contributed by atoms with E-state index in [-0.39, 0.29) is 6.10 Å². The standard InChI is InChI=1S/C10H16ClN3O.C2H6/c1-7(4-5-12-3)15-10-13-6-9(11)8(2)14-10;1-2/h6-7,12H,4-5H2,1-3H3;1-2H3. The zero-order valence-electron chi connectivity index (χ0n) is 11.2. The molecule has 0 aliphatic carbocycles. The number of nitrogens with zero attached hydrogens (tertiary/aromatic N) is 2. The molecule has 0 fully saturated rings. The quantitative estimate of drug-likeness (QED) is 0.883. The van der Waals surface area contributed by atoms with Crippen molar-refractivity contribution in [3.63, 3.8) is 0 Å². The number of nitrogens with one attached hydrogen (secondary N) is 1. The van der Waals surface area contributed by atoms with Gasteiger partial charge < -0.3 is 10.1 Å². The SMILES string of the molecule is CC.CNCCC(C)Oc1ncc(Cl)c(C)n1. The van der Waals surface area contributed by atoms with Gasteiger partial charge in [-0.25, -0.2) is 4.98 Å². The Morgan fingerprint density at radius 3 is 2.65 bits per heavy atom. The first kappa shape index (κ1) is 16.1. The Morgan fingerprint density at radius 1 is 1.47 bits per heavy atom. The second kappa shape index (κ2) is 9.19. The molecule has 1 atom stereocenters. The predicted molar refractivity (Wildman–Crippen MR) is 71.8 cm³/mol. The van der Waals surface area contributed by atoms with Gasteiger partial charge in [-0.15, -0.1) is 0 Å². The summed E-state index contributed by atoms with van der Waals surface area (Å²) >= 11 is 5.81. The Kier molecular flexibility index (Phi) is 8.72. The summed E-state index contributed by atoms with van der Waals surface area (Å²) in [5, 5.41) is 3.62. The number of rotatable bonds is 5. The van der Waals surface area contributed by atoms with E-state index in [9.17, 15) is 0 Å². The minimum absolute atomic E-state index is 0.0954. The fourth-order valence-electron chi connectivity index (χ4n) is 1.07. The summed E-state index contributed by atoms with van der Waals surface area (Å²) in [7, 11) is 1.91. The number of hydrogen-bond donors (Lipinski definition) is 1. The average Bonchev–Trinajstić information content (AvgIpc) is 2.34. The summed E-state index contributed by atoms with van der Waals surface area (Å²) in [6, 6.07) is 0.389. The van der Waals surface area contributed by atoms with Crippen molar-refractivity contribution in [1.29, 1.82) is 0 Å². The Hall–Kier alpha value is -0.870. The first-order chi connectivity index (χ1) is 8.13. The van der Waals surface area contributed by atoms with Crippen molar-refractivity contribution < 1.29 is 4.74 Å². The molecule has 0 saturated heterocycles. The summed E-state index contributed by atoms with van der Waals surface area (Å²) in [6.45, 7) is 8.73. The highest BCUT2D eigenvalue weighted by atomic mass is 35.5. The molecule has 1 N–H and O–H groups in total. The first-order valence-electron chi connectivity index (χ1n) is 5.94. The maximum atomic E-state index is 5.81. The molecule has 0 aliphatic heterocycles. The van der Waals surface area contributed by atoms with Gasteiger partial charge in [0, 0.05) is 0 Å². The molecular formula is C12H22ClN3O. The van der Waals surface area contributed by atoms with Crippen molar-refractivity contribution in [2.24, 2.45) is 0 Å². The molecule has 0 bridgehead atoms. The molecule has 0 spiro atoms. The Balaban J connectivity index is 0.00000121. The molecule has 4 nitrogen and oxygen atoms in total. The van der Waals surface area contributed by atoms with Crippen LogP contribution in [-0.2, 0) is 0 Å². The van der Waals surface area contributed by atoms with E-state index in [4.69, 9.17) is 16.3 Å². The van der Waals surface area contributed by atoms with Crippen LogP contribution in [0.3, 0.4) is 0 Å². The van der Waals surface area contributed by atoms with Crippen LogP contribution in [0, 0.1) is 6.92 Å². The summed E-state index contributed by atoms with van der Waals surface area (Å²) in [5.74, 6) is 0. The topological polar surface area (TPSA) is 47.0 Å². The normalized spacial score (nSPS) is 11.4. The summed E-state index contributed by atoms with van der Waals surface area (Å²) in [5.41, 5.74) is 0.738. The molecule has 0 saturated carbocycles. The third kappa shape index (κ3) is 6.44. The van der Waals surface area contributed by atoms with Crippen LogP contribution in [0.1, 0.15) is 32.9 Å². The molecule has 0 amide bonds. The molecule has 98 valence electrons. The molecule has 17 heavy (non-hydrogen) atoms. The van der Waals surface area contributed by atoms with Crippen LogP contribution in [0.5, 0.6) is 6.01 Å². The third-order valence-corrected chi connectivity index (χ3v) is 2.38. The van der Waals surface area contributed by atoms with E-state index in [1.165, 1.54) is 0 Å². The molecule has 0 radical (unpaired) electrons. The van der Waals surface area contributed by atoms with Crippen LogP contribution in [0.15, 0.2) is 6.20 Å². The summed E-state index contributed by atoms with van der Waals surface area (Å²) in [4.78, 5) is 8.14. The molecule has 5 heteroatoms. The predicted octanol–water partition coefficient (Wildman–Crippen LogP) is 2.84. The van der Waals surface area contributed by atoms with Gasteiger partial charge >= 0.3 is 6.01 Å². The fourth-order valence-corrected chi connectivity index (χ4v) is 1.17. The Labute approximate surface area is 109 Å². The van der Waals surface area contributed by atoms with E-state index in [2.05, 4.69) is 15.3 Å². The van der Waals surface area contributed by atoms with Crippen molar-refractivity contribution in [2.75, 3.05) is 13.6 Å². The van der Waals surface area contributed by atoms with Gasteiger partial charge in [0.2, 0.25) is 0 Å². The highest BCUT2D eigenvalue weighted by Gasteiger charge is 2.07. The Morgan fingerprint density at radius 2 is 2.12 bits per heavy atom. The Bertz CT molecular complexity index is 321. The van der Waals surface area contributed by atoms with Crippen molar-refractivity contribution in [3.8, 4) is 6.01 Å². The number of ether oxygens (including phenoxy) is 1. The van der Waals surface area contributed by atoms with Crippen LogP contribution < -0.4 is 10.1 Å².